The molecule has 1 aliphatic heterocycles. The topological polar surface area (TPSA) is 60.1 Å². The lowest BCUT2D eigenvalue weighted by Crippen LogP contribution is -2.40. The normalized spacial score (nSPS) is 19.5. The Kier molecular flexibility index (Phi) is 5.64. The van der Waals surface area contributed by atoms with E-state index in [1.165, 1.54) is 0 Å². The lowest BCUT2D eigenvalue weighted by atomic mass is 10.1. The molecule has 6 nitrogen and oxygen atoms in total. The minimum atomic E-state index is -2.93. The smallest absolute Gasteiger partial charge is 0.199 e. The van der Waals surface area contributed by atoms with Crippen LogP contribution < -0.4 is 0 Å². The first-order valence-electron chi connectivity index (χ1n) is 8.90. The van der Waals surface area contributed by atoms with Gasteiger partial charge in [0.05, 0.1) is 18.2 Å². The van der Waals surface area contributed by atoms with Gasteiger partial charge in [0.25, 0.3) is 0 Å². The second-order valence-electron chi connectivity index (χ2n) is 7.39. The number of benzene rings is 1. The zero-order chi connectivity index (χ0) is 18.9. The summed E-state index contributed by atoms with van der Waals surface area (Å²) in [6, 6.07) is 9.98. The second-order valence-corrected chi connectivity index (χ2v) is 9.99. The quantitative estimate of drug-likeness (QED) is 0.705. The van der Waals surface area contributed by atoms with Crippen LogP contribution in [0, 0.1) is 10.7 Å². The highest BCUT2D eigenvalue weighted by Gasteiger charge is 2.33. The first-order valence-corrected chi connectivity index (χ1v) is 11.1. The van der Waals surface area contributed by atoms with Gasteiger partial charge >= 0.3 is 0 Å². The highest BCUT2D eigenvalue weighted by Crippen LogP contribution is 2.21. The zero-order valence-electron chi connectivity index (χ0n) is 15.5. The minimum Gasteiger partial charge on any atom is -0.303 e. The SMILES string of the molecule is CC(C)CN(Cn1nc(-c2ccccc2)n(C)c1=S)[C@H]1CCS(=O)(=O)C1. The number of hydrogen-bond acceptors (Lipinski definition) is 5. The van der Waals surface area contributed by atoms with Crippen LogP contribution in [0.1, 0.15) is 20.3 Å². The molecule has 2 heterocycles. The molecule has 1 saturated heterocycles. The molecule has 8 heteroatoms. The van der Waals surface area contributed by atoms with Crippen molar-refractivity contribution in [2.75, 3.05) is 18.1 Å². The molecule has 1 aromatic carbocycles. The summed E-state index contributed by atoms with van der Waals surface area (Å²) in [7, 11) is -1.01. The Morgan fingerprint density at radius 3 is 2.58 bits per heavy atom. The molecule has 0 aliphatic carbocycles. The maximum Gasteiger partial charge on any atom is 0.199 e. The Bertz CT molecular complexity index is 916. The van der Waals surface area contributed by atoms with Crippen LogP contribution in [0.15, 0.2) is 30.3 Å². The molecule has 0 saturated carbocycles. The lowest BCUT2D eigenvalue weighted by Gasteiger charge is -2.29. The monoisotopic (exact) mass is 394 g/mol. The fourth-order valence-corrected chi connectivity index (χ4v) is 5.39. The molecule has 26 heavy (non-hydrogen) atoms. The van der Waals surface area contributed by atoms with Gasteiger partial charge in [0.2, 0.25) is 0 Å². The molecule has 1 atom stereocenters. The predicted molar refractivity (Wildman–Crippen MR) is 106 cm³/mol. The predicted octanol–water partition coefficient (Wildman–Crippen LogP) is 2.72. The minimum absolute atomic E-state index is 0.0338. The molecule has 3 rings (SSSR count). The van der Waals surface area contributed by atoms with E-state index >= 15 is 0 Å². The van der Waals surface area contributed by atoms with E-state index in [1.807, 2.05) is 46.6 Å². The number of nitrogens with zero attached hydrogens (tertiary/aromatic N) is 4. The summed E-state index contributed by atoms with van der Waals surface area (Å²) < 4.78 is 28.2. The van der Waals surface area contributed by atoms with Crippen molar-refractivity contribution < 1.29 is 8.42 Å². The molecule has 1 aromatic heterocycles. The van der Waals surface area contributed by atoms with Gasteiger partial charge < -0.3 is 4.57 Å². The third-order valence-electron chi connectivity index (χ3n) is 4.71. The van der Waals surface area contributed by atoms with Gasteiger partial charge in [-0.25, -0.2) is 13.1 Å². The number of hydrogen-bond donors (Lipinski definition) is 0. The van der Waals surface area contributed by atoms with Crippen LogP contribution in [0.25, 0.3) is 11.4 Å². The van der Waals surface area contributed by atoms with Gasteiger partial charge in [0.15, 0.2) is 20.4 Å². The van der Waals surface area contributed by atoms with Crippen LogP contribution in [-0.2, 0) is 23.6 Å². The molecule has 1 aliphatic rings. The molecule has 2 aromatic rings. The van der Waals surface area contributed by atoms with E-state index in [2.05, 4.69) is 18.7 Å². The Morgan fingerprint density at radius 2 is 2.00 bits per heavy atom. The maximum absolute atomic E-state index is 11.9. The third kappa shape index (κ3) is 4.24. The van der Waals surface area contributed by atoms with Crippen LogP contribution in [-0.4, -0.2) is 51.8 Å². The van der Waals surface area contributed by atoms with Crippen molar-refractivity contribution in [1.82, 2.24) is 19.2 Å². The molecular formula is C18H26N4O2S2. The summed E-state index contributed by atoms with van der Waals surface area (Å²) in [5.74, 6) is 1.75. The molecule has 0 unspecified atom stereocenters. The Hall–Kier alpha value is -1.51. The number of rotatable bonds is 6. The molecule has 0 N–H and O–H groups in total. The van der Waals surface area contributed by atoms with Crippen LogP contribution in [0.3, 0.4) is 0 Å². The van der Waals surface area contributed by atoms with Crippen molar-refractivity contribution in [2.24, 2.45) is 13.0 Å². The summed E-state index contributed by atoms with van der Waals surface area (Å²) in [6.07, 6.45) is 0.681. The van der Waals surface area contributed by atoms with Gasteiger partial charge in [-0.2, -0.15) is 5.10 Å². The second kappa shape index (κ2) is 7.62. The van der Waals surface area contributed by atoms with E-state index in [-0.39, 0.29) is 17.5 Å². The summed E-state index contributed by atoms with van der Waals surface area (Å²) in [4.78, 5) is 2.22. The van der Waals surface area contributed by atoms with Crippen molar-refractivity contribution >= 4 is 22.1 Å². The fourth-order valence-electron chi connectivity index (χ4n) is 3.45. The van der Waals surface area contributed by atoms with Crippen molar-refractivity contribution in [3.8, 4) is 11.4 Å². The van der Waals surface area contributed by atoms with E-state index in [0.29, 0.717) is 23.8 Å². The van der Waals surface area contributed by atoms with Gasteiger partial charge in [0, 0.05) is 25.2 Å². The van der Waals surface area contributed by atoms with Gasteiger partial charge in [-0.3, -0.25) is 4.90 Å². The molecule has 0 spiro atoms. The molecule has 1 fully saturated rings. The van der Waals surface area contributed by atoms with E-state index < -0.39 is 9.84 Å². The van der Waals surface area contributed by atoms with Crippen LogP contribution >= 0.6 is 12.2 Å². The van der Waals surface area contributed by atoms with Crippen molar-refractivity contribution in [1.29, 1.82) is 0 Å². The number of sulfone groups is 1. The van der Waals surface area contributed by atoms with E-state index in [0.717, 1.165) is 17.9 Å². The van der Waals surface area contributed by atoms with Gasteiger partial charge in [-0.15, -0.1) is 0 Å². The van der Waals surface area contributed by atoms with Crippen LogP contribution in [0.4, 0.5) is 0 Å². The maximum atomic E-state index is 11.9. The van der Waals surface area contributed by atoms with Crippen LogP contribution in [0.2, 0.25) is 0 Å². The Balaban J connectivity index is 1.89. The third-order valence-corrected chi connectivity index (χ3v) is 6.95. The van der Waals surface area contributed by atoms with E-state index in [4.69, 9.17) is 17.3 Å². The van der Waals surface area contributed by atoms with Crippen molar-refractivity contribution in [3.05, 3.63) is 35.1 Å². The molecule has 142 valence electrons. The highest BCUT2D eigenvalue weighted by atomic mass is 32.2. The molecule has 0 amide bonds. The fraction of sp³-hybridized carbons (Fsp3) is 0.556. The molecular weight excluding hydrogens is 368 g/mol. The lowest BCUT2D eigenvalue weighted by molar-refractivity contribution is 0.137. The molecule has 0 bridgehead atoms. The Morgan fingerprint density at radius 1 is 1.31 bits per heavy atom. The van der Waals surface area contributed by atoms with Gasteiger partial charge in [-0.05, 0) is 24.6 Å². The van der Waals surface area contributed by atoms with Crippen molar-refractivity contribution in [2.45, 2.75) is 33.0 Å². The number of aromatic nitrogens is 3. The van der Waals surface area contributed by atoms with Crippen LogP contribution in [0.5, 0.6) is 0 Å². The largest absolute Gasteiger partial charge is 0.303 e. The van der Waals surface area contributed by atoms with E-state index in [9.17, 15) is 8.42 Å². The average Bonchev–Trinajstić information content (AvgIpc) is 3.09. The first-order chi connectivity index (χ1) is 12.3. The first kappa shape index (κ1) is 19.3. The average molecular weight is 395 g/mol. The van der Waals surface area contributed by atoms with Gasteiger partial charge in [-0.1, -0.05) is 44.2 Å². The summed E-state index contributed by atoms with van der Waals surface area (Å²) in [5.41, 5.74) is 1.01. The van der Waals surface area contributed by atoms with Gasteiger partial charge in [0.1, 0.15) is 0 Å². The zero-order valence-corrected chi connectivity index (χ0v) is 17.1. The summed E-state index contributed by atoms with van der Waals surface area (Å²) in [5, 5.41) is 4.72. The summed E-state index contributed by atoms with van der Waals surface area (Å²) >= 11 is 5.58. The molecule has 0 radical (unpaired) electrons. The Labute approximate surface area is 160 Å². The highest BCUT2D eigenvalue weighted by molar-refractivity contribution is 7.91. The standard InChI is InChI=1S/C18H26N4O2S2/c1-14(2)11-21(16-9-10-26(23,24)12-16)13-22-18(25)20(3)17(19-22)15-7-5-4-6-8-15/h4-8,14,16H,9-13H2,1-3H3/t16-/m0/s1. The summed E-state index contributed by atoms with van der Waals surface area (Å²) in [6.45, 7) is 5.62. The van der Waals surface area contributed by atoms with E-state index in [1.54, 1.807) is 0 Å². The van der Waals surface area contributed by atoms with Crippen molar-refractivity contribution in [3.63, 3.8) is 0 Å².